The molecule has 0 spiro atoms. The molecule has 37 heavy (non-hydrogen) atoms. The zero-order valence-corrected chi connectivity index (χ0v) is 20.8. The predicted molar refractivity (Wildman–Crippen MR) is 142 cm³/mol. The first-order valence-corrected chi connectivity index (χ1v) is 11.4. The lowest BCUT2D eigenvalue weighted by Gasteiger charge is -2.11. The number of benzene rings is 2. The summed E-state index contributed by atoms with van der Waals surface area (Å²) >= 11 is 0. The fraction of sp³-hybridized carbons (Fsp3) is 0.154. The highest BCUT2D eigenvalue weighted by molar-refractivity contribution is 6.10. The Labute approximate surface area is 212 Å². The number of rotatable bonds is 6. The Morgan fingerprint density at radius 3 is 2.43 bits per heavy atom. The van der Waals surface area contributed by atoms with Gasteiger partial charge in [0.2, 0.25) is 0 Å². The third kappa shape index (κ3) is 5.30. The first-order valence-electron chi connectivity index (χ1n) is 11.4. The van der Waals surface area contributed by atoms with Gasteiger partial charge in [-0.05, 0) is 62.4 Å². The highest BCUT2D eigenvalue weighted by Crippen LogP contribution is 2.21. The third-order valence-corrected chi connectivity index (χ3v) is 5.58. The molecule has 0 atom stereocenters. The Hall–Kier alpha value is -5.06. The van der Waals surface area contributed by atoms with Gasteiger partial charge in [0.15, 0.2) is 0 Å². The minimum absolute atomic E-state index is 0.0979. The third-order valence-electron chi connectivity index (χ3n) is 5.58. The molecule has 188 valence electrons. The number of aryl methyl sites for hydroxylation is 3. The predicted octanol–water partition coefficient (Wildman–Crippen LogP) is 2.53. The van der Waals surface area contributed by atoms with Gasteiger partial charge in [0.05, 0.1) is 11.4 Å². The topological polar surface area (TPSA) is 149 Å². The summed E-state index contributed by atoms with van der Waals surface area (Å²) in [5.74, 6) is -0.192. The van der Waals surface area contributed by atoms with Crippen LogP contribution in [0.5, 0.6) is 0 Å². The smallest absolute Gasteiger partial charge is 0.350 e. The van der Waals surface area contributed by atoms with Crippen LogP contribution in [-0.4, -0.2) is 44.4 Å². The quantitative estimate of drug-likeness (QED) is 0.348. The van der Waals surface area contributed by atoms with Crippen LogP contribution in [0.25, 0.3) is 5.69 Å². The van der Waals surface area contributed by atoms with E-state index in [0.717, 1.165) is 0 Å². The molecule has 0 saturated carbocycles. The normalized spacial score (nSPS) is 11.0. The molecular weight excluding hydrogens is 472 g/mol. The van der Waals surface area contributed by atoms with Crippen LogP contribution in [0.15, 0.2) is 64.4 Å². The summed E-state index contributed by atoms with van der Waals surface area (Å²) < 4.78 is 2.77. The first kappa shape index (κ1) is 25.0. The standard InChI is InChI=1S/C26H26N8O3/c1-15-12-22(27)21(23(30-15)25(36)31-19-7-5-6-17(13-19)24(35)28-3)14-29-18-8-10-20(11-9-18)34-16(2)32-33(4)26(34)37/h5-14H,1-4H3,(H2,27,30)(H,28,35)(H,31,36). The minimum atomic E-state index is -0.493. The Balaban J connectivity index is 1.61. The zero-order valence-electron chi connectivity index (χ0n) is 20.8. The second kappa shape index (κ2) is 10.3. The number of nitrogen functional groups attached to an aromatic ring is 1. The van der Waals surface area contributed by atoms with Gasteiger partial charge in [-0.3, -0.25) is 14.6 Å². The van der Waals surface area contributed by atoms with Gasteiger partial charge < -0.3 is 16.4 Å². The summed E-state index contributed by atoms with van der Waals surface area (Å²) in [5, 5.41) is 9.46. The van der Waals surface area contributed by atoms with E-state index < -0.39 is 5.91 Å². The minimum Gasteiger partial charge on any atom is -0.398 e. The van der Waals surface area contributed by atoms with Crippen molar-refractivity contribution in [2.24, 2.45) is 12.0 Å². The van der Waals surface area contributed by atoms with E-state index in [1.807, 2.05) is 0 Å². The van der Waals surface area contributed by atoms with Gasteiger partial charge >= 0.3 is 5.69 Å². The number of amides is 2. The van der Waals surface area contributed by atoms with Crippen molar-refractivity contribution in [3.63, 3.8) is 0 Å². The van der Waals surface area contributed by atoms with Crippen molar-refractivity contribution in [3.05, 3.63) is 93.4 Å². The molecule has 0 radical (unpaired) electrons. The number of nitrogens with two attached hydrogens (primary N) is 1. The highest BCUT2D eigenvalue weighted by Gasteiger charge is 2.17. The van der Waals surface area contributed by atoms with Crippen LogP contribution >= 0.6 is 0 Å². The molecule has 4 rings (SSSR count). The molecule has 2 aromatic carbocycles. The van der Waals surface area contributed by atoms with Gasteiger partial charge in [-0.2, -0.15) is 5.10 Å². The number of aromatic nitrogens is 4. The van der Waals surface area contributed by atoms with E-state index in [4.69, 9.17) is 5.73 Å². The summed E-state index contributed by atoms with van der Waals surface area (Å²) in [4.78, 5) is 46.2. The lowest BCUT2D eigenvalue weighted by Crippen LogP contribution is -2.21. The van der Waals surface area contributed by atoms with Crippen molar-refractivity contribution in [2.45, 2.75) is 13.8 Å². The molecule has 0 aliphatic carbocycles. The van der Waals surface area contributed by atoms with Gasteiger partial charge in [0, 0.05) is 48.5 Å². The molecule has 11 heteroatoms. The van der Waals surface area contributed by atoms with Crippen LogP contribution < -0.4 is 22.1 Å². The molecule has 2 aromatic heterocycles. The number of hydrogen-bond acceptors (Lipinski definition) is 7. The fourth-order valence-electron chi connectivity index (χ4n) is 3.80. The second-order valence-corrected chi connectivity index (χ2v) is 8.29. The van der Waals surface area contributed by atoms with Gasteiger partial charge in [-0.15, -0.1) is 0 Å². The Kier molecular flexibility index (Phi) is 6.96. The zero-order chi connectivity index (χ0) is 26.7. The van der Waals surface area contributed by atoms with Gasteiger partial charge in [0.25, 0.3) is 11.8 Å². The number of pyridine rings is 1. The van der Waals surface area contributed by atoms with Crippen molar-refractivity contribution in [2.75, 3.05) is 18.1 Å². The molecule has 0 fully saturated rings. The Morgan fingerprint density at radius 1 is 1.05 bits per heavy atom. The number of carbonyl (C=O) groups is 2. The van der Waals surface area contributed by atoms with Crippen LogP contribution in [0.2, 0.25) is 0 Å². The number of aliphatic imine (C=N–C) groups is 1. The number of anilines is 2. The highest BCUT2D eigenvalue weighted by atomic mass is 16.2. The van der Waals surface area contributed by atoms with Crippen molar-refractivity contribution in [3.8, 4) is 5.69 Å². The van der Waals surface area contributed by atoms with E-state index in [1.54, 1.807) is 75.5 Å². The maximum atomic E-state index is 13.1. The van der Waals surface area contributed by atoms with Crippen LogP contribution in [0.3, 0.4) is 0 Å². The lowest BCUT2D eigenvalue weighted by molar-refractivity contribution is 0.0961. The van der Waals surface area contributed by atoms with E-state index in [2.05, 4.69) is 25.7 Å². The van der Waals surface area contributed by atoms with E-state index in [0.29, 0.717) is 45.4 Å². The average Bonchev–Trinajstić information content (AvgIpc) is 3.13. The fourth-order valence-corrected chi connectivity index (χ4v) is 3.80. The van der Waals surface area contributed by atoms with Crippen molar-refractivity contribution in [1.29, 1.82) is 0 Å². The summed E-state index contributed by atoms with van der Waals surface area (Å²) in [6, 6.07) is 15.2. The molecule has 4 aromatic rings. The van der Waals surface area contributed by atoms with Crippen molar-refractivity contribution in [1.82, 2.24) is 24.6 Å². The maximum Gasteiger partial charge on any atom is 0.350 e. The van der Waals surface area contributed by atoms with Crippen LogP contribution in [0.1, 0.15) is 37.9 Å². The largest absolute Gasteiger partial charge is 0.398 e. The Morgan fingerprint density at radius 2 is 1.78 bits per heavy atom. The first-order chi connectivity index (χ1) is 17.7. The van der Waals surface area contributed by atoms with E-state index in [1.165, 1.54) is 22.5 Å². The van der Waals surface area contributed by atoms with E-state index in [-0.39, 0.29) is 17.3 Å². The SMILES string of the molecule is CNC(=O)c1cccc(NC(=O)c2nc(C)cc(N)c2C=Nc2ccc(-n3c(C)nn(C)c3=O)cc2)c1. The van der Waals surface area contributed by atoms with Crippen molar-refractivity contribution < 1.29 is 9.59 Å². The molecule has 2 heterocycles. The molecule has 0 unspecified atom stereocenters. The summed E-state index contributed by atoms with van der Waals surface area (Å²) in [7, 11) is 3.13. The molecule has 0 bridgehead atoms. The molecule has 0 aliphatic rings. The van der Waals surface area contributed by atoms with Crippen molar-refractivity contribution >= 4 is 35.1 Å². The van der Waals surface area contributed by atoms with Gasteiger partial charge in [0.1, 0.15) is 11.5 Å². The molecule has 0 saturated heterocycles. The van der Waals surface area contributed by atoms with Crippen LogP contribution in [0, 0.1) is 13.8 Å². The molecular formula is C26H26N8O3. The molecule has 0 aliphatic heterocycles. The average molecular weight is 499 g/mol. The molecule has 11 nitrogen and oxygen atoms in total. The number of nitrogens with zero attached hydrogens (tertiary/aromatic N) is 5. The maximum absolute atomic E-state index is 13.1. The van der Waals surface area contributed by atoms with Gasteiger partial charge in [-0.25, -0.2) is 19.0 Å². The van der Waals surface area contributed by atoms with E-state index >= 15 is 0 Å². The van der Waals surface area contributed by atoms with Gasteiger partial charge in [-0.1, -0.05) is 6.07 Å². The molecule has 2 amide bonds. The summed E-state index contributed by atoms with van der Waals surface area (Å²) in [5.41, 5.74) is 9.43. The Bertz CT molecular complexity index is 1580. The monoisotopic (exact) mass is 498 g/mol. The number of hydrogen-bond donors (Lipinski definition) is 3. The van der Waals surface area contributed by atoms with Crippen LogP contribution in [0.4, 0.5) is 17.1 Å². The van der Waals surface area contributed by atoms with E-state index in [9.17, 15) is 14.4 Å². The number of carbonyl (C=O) groups excluding carboxylic acids is 2. The number of nitrogens with one attached hydrogen (secondary N) is 2. The molecule has 4 N–H and O–H groups in total. The lowest BCUT2D eigenvalue weighted by atomic mass is 10.1. The summed E-state index contributed by atoms with van der Waals surface area (Å²) in [6.45, 7) is 3.49. The van der Waals surface area contributed by atoms with Crippen LogP contribution in [-0.2, 0) is 7.05 Å². The second-order valence-electron chi connectivity index (χ2n) is 8.29. The summed E-state index contributed by atoms with van der Waals surface area (Å²) in [6.07, 6.45) is 1.48.